The summed E-state index contributed by atoms with van der Waals surface area (Å²) in [6.07, 6.45) is 2.85. The second kappa shape index (κ2) is 6.40. The molecule has 0 bridgehead atoms. The van der Waals surface area contributed by atoms with E-state index >= 15 is 0 Å². The van der Waals surface area contributed by atoms with Crippen LogP contribution in [0.1, 0.15) is 55.6 Å². The summed E-state index contributed by atoms with van der Waals surface area (Å²) in [4.78, 5) is 25.8. The molecule has 1 aliphatic carbocycles. The number of nitrogens with two attached hydrogens (primary N) is 1. The minimum absolute atomic E-state index is 0.189. The van der Waals surface area contributed by atoms with Gasteiger partial charge < -0.3 is 11.1 Å². The van der Waals surface area contributed by atoms with E-state index in [9.17, 15) is 9.59 Å². The monoisotopic (exact) mass is 342 g/mol. The molecule has 1 heterocycles. The maximum Gasteiger partial charge on any atom is 0.256 e. The van der Waals surface area contributed by atoms with Crippen molar-refractivity contribution in [1.82, 2.24) is 0 Å². The molecule has 1 aromatic carbocycles. The first-order valence-electron chi connectivity index (χ1n) is 8.19. The van der Waals surface area contributed by atoms with E-state index in [0.29, 0.717) is 22.0 Å². The van der Waals surface area contributed by atoms with Crippen molar-refractivity contribution in [2.45, 2.75) is 40.0 Å². The second-order valence-electron chi connectivity index (χ2n) is 6.69. The summed E-state index contributed by atoms with van der Waals surface area (Å²) in [7, 11) is 0. The lowest BCUT2D eigenvalue weighted by atomic mass is 9.88. The summed E-state index contributed by atoms with van der Waals surface area (Å²) < 4.78 is 0. The number of anilines is 1. The number of aryl methyl sites for hydroxylation is 2. The Kier molecular flexibility index (Phi) is 4.45. The number of primary amides is 1. The highest BCUT2D eigenvalue weighted by Crippen LogP contribution is 2.39. The third kappa shape index (κ3) is 3.08. The lowest BCUT2D eigenvalue weighted by molar-refractivity contribution is 0.1000. The van der Waals surface area contributed by atoms with Crippen LogP contribution in [0.3, 0.4) is 0 Å². The number of carbonyl (C=O) groups excluding carboxylic acids is 2. The van der Waals surface area contributed by atoms with Crippen molar-refractivity contribution in [3.05, 3.63) is 50.9 Å². The Morgan fingerprint density at radius 1 is 1.29 bits per heavy atom. The second-order valence-corrected chi connectivity index (χ2v) is 7.80. The minimum atomic E-state index is -0.460. The third-order valence-corrected chi connectivity index (χ3v) is 5.79. The van der Waals surface area contributed by atoms with Gasteiger partial charge in [0.2, 0.25) is 0 Å². The molecule has 0 fully saturated rings. The first-order chi connectivity index (χ1) is 11.4. The van der Waals surface area contributed by atoms with Gasteiger partial charge in [-0.3, -0.25) is 9.59 Å². The van der Waals surface area contributed by atoms with Gasteiger partial charge >= 0.3 is 0 Å². The van der Waals surface area contributed by atoms with Gasteiger partial charge in [-0.2, -0.15) is 0 Å². The molecule has 0 aliphatic heterocycles. The van der Waals surface area contributed by atoms with E-state index in [1.54, 1.807) is 0 Å². The summed E-state index contributed by atoms with van der Waals surface area (Å²) in [5.74, 6) is -0.0527. The van der Waals surface area contributed by atoms with Gasteiger partial charge in [0.05, 0.1) is 5.56 Å². The van der Waals surface area contributed by atoms with E-state index in [2.05, 4.69) is 12.2 Å². The summed E-state index contributed by atoms with van der Waals surface area (Å²) in [6, 6.07) is 5.77. The fourth-order valence-electron chi connectivity index (χ4n) is 3.25. The van der Waals surface area contributed by atoms with Gasteiger partial charge in [0.1, 0.15) is 5.00 Å². The Hall–Kier alpha value is -2.14. The maximum atomic E-state index is 12.7. The zero-order valence-corrected chi connectivity index (χ0v) is 15.0. The highest BCUT2D eigenvalue weighted by molar-refractivity contribution is 7.17. The molecule has 3 rings (SSSR count). The fourth-order valence-corrected chi connectivity index (χ4v) is 4.66. The molecule has 2 aromatic rings. The van der Waals surface area contributed by atoms with Crippen molar-refractivity contribution >= 4 is 28.2 Å². The Labute approximate surface area is 146 Å². The van der Waals surface area contributed by atoms with Crippen LogP contribution in [0.2, 0.25) is 0 Å². The van der Waals surface area contributed by atoms with E-state index < -0.39 is 5.91 Å². The number of hydrogen-bond donors (Lipinski definition) is 2. The van der Waals surface area contributed by atoms with Gasteiger partial charge in [0.25, 0.3) is 11.8 Å². The summed E-state index contributed by atoms with van der Waals surface area (Å²) in [5, 5.41) is 3.52. The summed E-state index contributed by atoms with van der Waals surface area (Å²) >= 11 is 1.49. The molecule has 0 saturated carbocycles. The number of benzene rings is 1. The SMILES string of the molecule is Cc1ccc(C)c(C(=O)Nc2sc3c(c2C(N)=O)CCC(C)C3)c1. The lowest BCUT2D eigenvalue weighted by Gasteiger charge is -2.18. The topological polar surface area (TPSA) is 72.2 Å². The molecule has 2 amide bonds. The third-order valence-electron chi connectivity index (χ3n) is 4.62. The average molecular weight is 342 g/mol. The number of rotatable bonds is 3. The van der Waals surface area contributed by atoms with Crippen LogP contribution in [0.25, 0.3) is 0 Å². The molecule has 1 unspecified atom stereocenters. The van der Waals surface area contributed by atoms with Crippen molar-refractivity contribution in [3.63, 3.8) is 0 Å². The van der Waals surface area contributed by atoms with Crippen LogP contribution in [-0.4, -0.2) is 11.8 Å². The molecule has 1 atom stereocenters. The molecule has 4 nitrogen and oxygen atoms in total. The van der Waals surface area contributed by atoms with Gasteiger partial charge in [-0.1, -0.05) is 24.6 Å². The van der Waals surface area contributed by atoms with Crippen LogP contribution in [0.15, 0.2) is 18.2 Å². The van der Waals surface area contributed by atoms with Gasteiger partial charge in [0, 0.05) is 10.4 Å². The molecule has 24 heavy (non-hydrogen) atoms. The first kappa shape index (κ1) is 16.7. The van der Waals surface area contributed by atoms with Gasteiger partial charge in [-0.05, 0) is 56.2 Å². The number of carbonyl (C=O) groups is 2. The molecular weight excluding hydrogens is 320 g/mol. The molecule has 126 valence electrons. The summed E-state index contributed by atoms with van der Waals surface area (Å²) in [6.45, 7) is 6.07. The number of fused-ring (bicyclic) bond motifs is 1. The highest BCUT2D eigenvalue weighted by atomic mass is 32.1. The molecule has 5 heteroatoms. The van der Waals surface area contributed by atoms with E-state index in [1.165, 1.54) is 16.2 Å². The van der Waals surface area contributed by atoms with Crippen molar-refractivity contribution < 1.29 is 9.59 Å². The van der Waals surface area contributed by atoms with Crippen LogP contribution in [0.4, 0.5) is 5.00 Å². The predicted molar refractivity (Wildman–Crippen MR) is 97.9 cm³/mol. The van der Waals surface area contributed by atoms with E-state index in [0.717, 1.165) is 36.0 Å². The number of nitrogens with one attached hydrogen (secondary N) is 1. The van der Waals surface area contributed by atoms with Crippen LogP contribution in [-0.2, 0) is 12.8 Å². The lowest BCUT2D eigenvalue weighted by Crippen LogP contribution is -2.19. The van der Waals surface area contributed by atoms with Crippen molar-refractivity contribution in [1.29, 1.82) is 0 Å². The Morgan fingerprint density at radius 3 is 2.75 bits per heavy atom. The van der Waals surface area contributed by atoms with Crippen LogP contribution < -0.4 is 11.1 Å². The van der Waals surface area contributed by atoms with E-state index in [4.69, 9.17) is 5.73 Å². The Morgan fingerprint density at radius 2 is 2.04 bits per heavy atom. The largest absolute Gasteiger partial charge is 0.365 e. The number of amides is 2. The molecule has 3 N–H and O–H groups in total. The quantitative estimate of drug-likeness (QED) is 0.889. The minimum Gasteiger partial charge on any atom is -0.365 e. The van der Waals surface area contributed by atoms with Crippen molar-refractivity contribution in [3.8, 4) is 0 Å². The normalized spacial score (nSPS) is 16.5. The smallest absolute Gasteiger partial charge is 0.256 e. The van der Waals surface area contributed by atoms with E-state index in [-0.39, 0.29) is 5.91 Å². The van der Waals surface area contributed by atoms with Gasteiger partial charge in [-0.25, -0.2) is 0 Å². The standard InChI is InChI=1S/C19H22N2O2S/c1-10-4-6-12(3)14(8-10)18(23)21-19-16(17(20)22)13-7-5-11(2)9-15(13)24-19/h4,6,8,11H,5,7,9H2,1-3H3,(H2,20,22)(H,21,23). The average Bonchev–Trinajstić information content (AvgIpc) is 2.86. The maximum absolute atomic E-state index is 12.7. The van der Waals surface area contributed by atoms with E-state index in [1.807, 2.05) is 32.0 Å². The van der Waals surface area contributed by atoms with Crippen molar-refractivity contribution in [2.75, 3.05) is 5.32 Å². The van der Waals surface area contributed by atoms with Gasteiger partial charge in [-0.15, -0.1) is 11.3 Å². The molecule has 1 aliphatic rings. The molecule has 0 radical (unpaired) electrons. The molecule has 0 saturated heterocycles. The Bertz CT molecular complexity index is 823. The zero-order valence-electron chi connectivity index (χ0n) is 14.2. The molecule has 1 aromatic heterocycles. The first-order valence-corrected chi connectivity index (χ1v) is 9.01. The zero-order chi connectivity index (χ0) is 17.4. The highest BCUT2D eigenvalue weighted by Gasteiger charge is 2.27. The predicted octanol–water partition coefficient (Wildman–Crippen LogP) is 3.84. The summed E-state index contributed by atoms with van der Waals surface area (Å²) in [5.41, 5.74) is 9.70. The fraction of sp³-hybridized carbons (Fsp3) is 0.368. The van der Waals surface area contributed by atoms with Crippen LogP contribution in [0, 0.1) is 19.8 Å². The van der Waals surface area contributed by atoms with Crippen LogP contribution >= 0.6 is 11.3 Å². The van der Waals surface area contributed by atoms with Crippen molar-refractivity contribution in [2.24, 2.45) is 11.7 Å². The Balaban J connectivity index is 1.96. The van der Waals surface area contributed by atoms with Crippen LogP contribution in [0.5, 0.6) is 0 Å². The van der Waals surface area contributed by atoms with Gasteiger partial charge in [0.15, 0.2) is 0 Å². The number of thiophene rings is 1. The molecular formula is C19H22N2O2S. The molecule has 0 spiro atoms. The number of hydrogen-bond acceptors (Lipinski definition) is 3.